The van der Waals surface area contributed by atoms with Crippen molar-refractivity contribution in [3.63, 3.8) is 0 Å². The lowest BCUT2D eigenvalue weighted by Gasteiger charge is -2.29. The number of halogens is 1. The molecule has 1 amide bonds. The maximum Gasteiger partial charge on any atom is 0.273 e. The van der Waals surface area contributed by atoms with Crippen molar-refractivity contribution in [3.8, 4) is 0 Å². The summed E-state index contributed by atoms with van der Waals surface area (Å²) in [5.41, 5.74) is 0.626. The van der Waals surface area contributed by atoms with Gasteiger partial charge in [0.05, 0.1) is 19.3 Å². The van der Waals surface area contributed by atoms with E-state index in [1.54, 1.807) is 12.1 Å². The minimum absolute atomic E-state index is 0.0204. The smallest absolute Gasteiger partial charge is 0.273 e. The molecule has 0 saturated carbocycles. The number of hydrogen-bond donors (Lipinski definition) is 2. The average Bonchev–Trinajstić information content (AvgIpc) is 3.05. The molecule has 0 unspecified atom stereocenters. The van der Waals surface area contributed by atoms with E-state index >= 15 is 0 Å². The van der Waals surface area contributed by atoms with Gasteiger partial charge in [-0.25, -0.2) is 9.07 Å². The Kier molecular flexibility index (Phi) is 6.03. The number of rotatable bonds is 8. The van der Waals surface area contributed by atoms with Crippen molar-refractivity contribution in [1.29, 1.82) is 0 Å². The fourth-order valence-electron chi connectivity index (χ4n) is 2.44. The lowest BCUT2D eigenvalue weighted by Crippen LogP contribution is -2.39. The molecule has 24 heavy (non-hydrogen) atoms. The normalized spacial score (nSPS) is 11.5. The number of hydrogen-bond acceptors (Lipinski definition) is 4. The van der Waals surface area contributed by atoms with Gasteiger partial charge in [0.15, 0.2) is 5.69 Å². The van der Waals surface area contributed by atoms with Gasteiger partial charge in [0.25, 0.3) is 5.91 Å². The van der Waals surface area contributed by atoms with Crippen LogP contribution in [-0.2, 0) is 6.54 Å². The molecule has 0 spiro atoms. The zero-order chi connectivity index (χ0) is 17.6. The SMILES string of the molecule is CCC(CC)(CO)CNC(=O)c1cn(Cc2cccc(F)c2)nn1. The fourth-order valence-corrected chi connectivity index (χ4v) is 2.44. The highest BCUT2D eigenvalue weighted by Crippen LogP contribution is 2.24. The van der Waals surface area contributed by atoms with Crippen LogP contribution in [0.5, 0.6) is 0 Å². The van der Waals surface area contributed by atoms with E-state index in [-0.39, 0.29) is 29.4 Å². The number of benzene rings is 1. The summed E-state index contributed by atoms with van der Waals surface area (Å²) in [5, 5.41) is 20.1. The van der Waals surface area contributed by atoms with Crippen LogP contribution in [0.2, 0.25) is 0 Å². The van der Waals surface area contributed by atoms with E-state index in [4.69, 9.17) is 0 Å². The van der Waals surface area contributed by atoms with Gasteiger partial charge >= 0.3 is 0 Å². The molecular weight excluding hydrogens is 311 g/mol. The predicted octanol–water partition coefficient (Wildman–Crippen LogP) is 1.99. The molecular formula is C17H23FN4O2. The van der Waals surface area contributed by atoms with Gasteiger partial charge in [0, 0.05) is 12.0 Å². The summed E-state index contributed by atoms with van der Waals surface area (Å²) >= 11 is 0. The van der Waals surface area contributed by atoms with E-state index in [1.165, 1.54) is 23.0 Å². The predicted molar refractivity (Wildman–Crippen MR) is 88.0 cm³/mol. The second kappa shape index (κ2) is 8.01. The van der Waals surface area contributed by atoms with Crippen LogP contribution in [0.25, 0.3) is 0 Å². The first-order chi connectivity index (χ1) is 11.5. The van der Waals surface area contributed by atoms with Crippen molar-refractivity contribution in [2.45, 2.75) is 33.2 Å². The molecule has 2 rings (SSSR count). The van der Waals surface area contributed by atoms with Crippen molar-refractivity contribution < 1.29 is 14.3 Å². The summed E-state index contributed by atoms with van der Waals surface area (Å²) in [7, 11) is 0. The van der Waals surface area contributed by atoms with Crippen LogP contribution in [0.3, 0.4) is 0 Å². The quantitative estimate of drug-likeness (QED) is 0.774. The van der Waals surface area contributed by atoms with E-state index in [9.17, 15) is 14.3 Å². The van der Waals surface area contributed by atoms with Gasteiger partial charge in [-0.1, -0.05) is 31.2 Å². The summed E-state index contributed by atoms with van der Waals surface area (Å²) in [6, 6.07) is 6.19. The summed E-state index contributed by atoms with van der Waals surface area (Å²) in [6.07, 6.45) is 3.07. The van der Waals surface area contributed by atoms with Crippen molar-refractivity contribution in [2.75, 3.05) is 13.2 Å². The highest BCUT2D eigenvalue weighted by atomic mass is 19.1. The molecule has 2 aromatic rings. The molecule has 0 radical (unpaired) electrons. The maximum atomic E-state index is 13.2. The topological polar surface area (TPSA) is 80.0 Å². The van der Waals surface area contributed by atoms with Crippen molar-refractivity contribution in [2.24, 2.45) is 5.41 Å². The number of aliphatic hydroxyl groups excluding tert-OH is 1. The summed E-state index contributed by atoms with van der Waals surface area (Å²) < 4.78 is 14.7. The number of aromatic nitrogens is 3. The maximum absolute atomic E-state index is 13.2. The lowest BCUT2D eigenvalue weighted by molar-refractivity contribution is 0.0846. The standard InChI is InChI=1S/C17H23FN4O2/c1-3-17(4-2,12-23)11-19-16(24)15-10-22(21-20-15)9-13-6-5-7-14(18)8-13/h5-8,10,23H,3-4,9,11-12H2,1-2H3,(H,19,24). The summed E-state index contributed by atoms with van der Waals surface area (Å²) in [4.78, 5) is 12.2. The fraction of sp³-hybridized carbons (Fsp3) is 0.471. The summed E-state index contributed by atoms with van der Waals surface area (Å²) in [6.45, 7) is 4.71. The summed E-state index contributed by atoms with van der Waals surface area (Å²) in [5.74, 6) is -0.648. The van der Waals surface area contributed by atoms with Crippen LogP contribution in [-0.4, -0.2) is 39.2 Å². The number of carbonyl (C=O) groups excluding carboxylic acids is 1. The third-order valence-corrected chi connectivity index (χ3v) is 4.46. The minimum Gasteiger partial charge on any atom is -0.396 e. The van der Waals surface area contributed by atoms with Crippen LogP contribution < -0.4 is 5.32 Å². The van der Waals surface area contributed by atoms with Gasteiger partial charge in [-0.2, -0.15) is 0 Å². The second-order valence-electron chi connectivity index (χ2n) is 5.98. The molecule has 130 valence electrons. The van der Waals surface area contributed by atoms with Crippen LogP contribution in [0.4, 0.5) is 4.39 Å². The first-order valence-corrected chi connectivity index (χ1v) is 8.05. The number of nitrogens with one attached hydrogen (secondary N) is 1. The Hall–Kier alpha value is -2.28. The zero-order valence-electron chi connectivity index (χ0n) is 14.0. The van der Waals surface area contributed by atoms with Gasteiger partial charge in [0.2, 0.25) is 0 Å². The monoisotopic (exact) mass is 334 g/mol. The highest BCUT2D eigenvalue weighted by molar-refractivity contribution is 5.91. The Labute approximate surface area is 140 Å². The molecule has 0 aliphatic carbocycles. The molecule has 0 aliphatic heterocycles. The number of aliphatic hydroxyl groups is 1. The molecule has 1 aromatic heterocycles. The van der Waals surface area contributed by atoms with Crippen molar-refractivity contribution >= 4 is 5.91 Å². The first-order valence-electron chi connectivity index (χ1n) is 8.05. The van der Waals surface area contributed by atoms with E-state index < -0.39 is 0 Å². The molecule has 7 heteroatoms. The van der Waals surface area contributed by atoms with E-state index in [2.05, 4.69) is 15.6 Å². The zero-order valence-corrected chi connectivity index (χ0v) is 14.0. The third-order valence-electron chi connectivity index (χ3n) is 4.46. The number of amides is 1. The molecule has 1 heterocycles. The average molecular weight is 334 g/mol. The van der Waals surface area contributed by atoms with E-state index in [0.29, 0.717) is 13.1 Å². The Morgan fingerprint density at radius 3 is 2.75 bits per heavy atom. The highest BCUT2D eigenvalue weighted by Gasteiger charge is 2.26. The Morgan fingerprint density at radius 1 is 1.38 bits per heavy atom. The van der Waals surface area contributed by atoms with Crippen LogP contribution in [0.15, 0.2) is 30.5 Å². The molecule has 0 fully saturated rings. The molecule has 0 bridgehead atoms. The minimum atomic E-state index is -0.333. The Bertz CT molecular complexity index is 674. The van der Waals surface area contributed by atoms with Gasteiger partial charge in [0.1, 0.15) is 5.82 Å². The van der Waals surface area contributed by atoms with Gasteiger partial charge in [-0.15, -0.1) is 5.10 Å². The third kappa shape index (κ3) is 4.38. The van der Waals surface area contributed by atoms with Gasteiger partial charge in [-0.05, 0) is 30.5 Å². The molecule has 0 saturated heterocycles. The molecule has 2 N–H and O–H groups in total. The first kappa shape index (κ1) is 18.1. The molecule has 1 aromatic carbocycles. The van der Waals surface area contributed by atoms with Crippen LogP contribution in [0.1, 0.15) is 42.7 Å². The molecule has 0 aliphatic rings. The van der Waals surface area contributed by atoms with Crippen molar-refractivity contribution in [3.05, 3.63) is 47.5 Å². The number of carbonyl (C=O) groups is 1. The van der Waals surface area contributed by atoms with E-state index in [1.807, 2.05) is 13.8 Å². The lowest BCUT2D eigenvalue weighted by atomic mass is 9.83. The van der Waals surface area contributed by atoms with Crippen molar-refractivity contribution in [1.82, 2.24) is 20.3 Å². The Balaban J connectivity index is 1.98. The van der Waals surface area contributed by atoms with Gasteiger partial charge in [-0.3, -0.25) is 4.79 Å². The van der Waals surface area contributed by atoms with Crippen LogP contribution in [0, 0.1) is 11.2 Å². The second-order valence-corrected chi connectivity index (χ2v) is 5.98. The molecule has 0 atom stereocenters. The van der Waals surface area contributed by atoms with Gasteiger partial charge < -0.3 is 10.4 Å². The van der Waals surface area contributed by atoms with E-state index in [0.717, 1.165) is 18.4 Å². The largest absolute Gasteiger partial charge is 0.396 e. The van der Waals surface area contributed by atoms with Crippen LogP contribution >= 0.6 is 0 Å². The molecule has 6 nitrogen and oxygen atoms in total. The number of nitrogens with zero attached hydrogens (tertiary/aromatic N) is 3. The Morgan fingerprint density at radius 2 is 2.12 bits per heavy atom.